The minimum absolute atomic E-state index is 0.275. The predicted octanol–water partition coefficient (Wildman–Crippen LogP) is 6.18. The second-order valence-electron chi connectivity index (χ2n) is 11.1. The molecule has 0 aliphatic carbocycles. The lowest BCUT2D eigenvalue weighted by Gasteiger charge is -2.26. The van der Waals surface area contributed by atoms with Gasteiger partial charge in [0, 0.05) is 44.3 Å². The van der Waals surface area contributed by atoms with Crippen molar-refractivity contribution in [3.05, 3.63) is 96.8 Å². The summed E-state index contributed by atoms with van der Waals surface area (Å²) in [5, 5.41) is 7.85. The van der Waals surface area contributed by atoms with Gasteiger partial charge in [0.1, 0.15) is 29.5 Å². The number of hydroxylamine groups is 1. The largest absolute Gasteiger partial charge is 0.494 e. The quantitative estimate of drug-likeness (QED) is 0.178. The number of anilines is 5. The number of nitrogens with zero attached hydrogens (tertiary/aromatic N) is 5. The van der Waals surface area contributed by atoms with Crippen LogP contribution in [0.2, 0.25) is 0 Å². The Balaban J connectivity index is 1.43. The van der Waals surface area contributed by atoms with Crippen molar-refractivity contribution < 1.29 is 23.1 Å². The zero-order valence-electron chi connectivity index (χ0n) is 26.3. The Bertz CT molecular complexity index is 1720. The Morgan fingerprint density at radius 2 is 1.91 bits per heavy atom. The van der Waals surface area contributed by atoms with Crippen molar-refractivity contribution in [3.63, 3.8) is 0 Å². The van der Waals surface area contributed by atoms with E-state index in [9.17, 15) is 13.6 Å². The number of nitrogens with one attached hydrogen (secondary N) is 2. The third-order valence-corrected chi connectivity index (χ3v) is 7.61. The van der Waals surface area contributed by atoms with Gasteiger partial charge in [-0.2, -0.15) is 0 Å². The number of hydrogen-bond donors (Lipinski definition) is 2. The fourth-order valence-electron chi connectivity index (χ4n) is 5.20. The van der Waals surface area contributed by atoms with Gasteiger partial charge in [0.25, 0.3) is 0 Å². The molecule has 4 aromatic rings. The topological polar surface area (TPSA) is 95.1 Å². The first-order chi connectivity index (χ1) is 22.2. The number of benzene rings is 3. The van der Waals surface area contributed by atoms with Crippen LogP contribution in [-0.2, 0) is 9.63 Å². The number of rotatable bonds is 12. The third-order valence-electron chi connectivity index (χ3n) is 7.61. The van der Waals surface area contributed by atoms with Crippen molar-refractivity contribution in [2.24, 2.45) is 0 Å². The highest BCUT2D eigenvalue weighted by atomic mass is 19.1. The van der Waals surface area contributed by atoms with Gasteiger partial charge in [-0.25, -0.2) is 23.8 Å². The first-order valence-corrected chi connectivity index (χ1v) is 14.7. The zero-order chi connectivity index (χ0) is 32.8. The second kappa shape index (κ2) is 14.4. The Morgan fingerprint density at radius 1 is 1.09 bits per heavy atom. The lowest BCUT2D eigenvalue weighted by Crippen LogP contribution is -2.29. The summed E-state index contributed by atoms with van der Waals surface area (Å²) in [4.78, 5) is 31.3. The molecule has 1 atom stereocenters. The van der Waals surface area contributed by atoms with E-state index >= 15 is 0 Å². The van der Waals surface area contributed by atoms with Crippen LogP contribution in [0.5, 0.6) is 5.75 Å². The fraction of sp³-hybridized carbons (Fsp3) is 0.265. The molecule has 1 unspecified atom stereocenters. The molecule has 2 N–H and O–H groups in total. The molecule has 1 aliphatic heterocycles. The zero-order valence-corrected chi connectivity index (χ0v) is 26.3. The van der Waals surface area contributed by atoms with Crippen molar-refractivity contribution in [2.75, 3.05) is 68.5 Å². The van der Waals surface area contributed by atoms with Crippen LogP contribution in [0.15, 0.2) is 79.6 Å². The van der Waals surface area contributed by atoms with Crippen LogP contribution >= 0.6 is 0 Å². The first-order valence-electron chi connectivity index (χ1n) is 14.7. The number of carbonyl (C=O) groups is 1. The fourth-order valence-corrected chi connectivity index (χ4v) is 5.20. The normalized spacial score (nSPS) is 14.3. The Hall–Kier alpha value is -5.07. The average molecular weight is 630 g/mol. The van der Waals surface area contributed by atoms with Crippen molar-refractivity contribution in [3.8, 4) is 16.9 Å². The minimum Gasteiger partial charge on any atom is -0.494 e. The molecular weight excluding hydrogens is 592 g/mol. The molecular formula is C34H37F2N7O3. The van der Waals surface area contributed by atoms with Crippen LogP contribution in [0.3, 0.4) is 0 Å². The van der Waals surface area contributed by atoms with Gasteiger partial charge in [-0.3, -0.25) is 9.63 Å². The molecule has 12 heteroatoms. The summed E-state index contributed by atoms with van der Waals surface area (Å²) < 4.78 is 34.5. The summed E-state index contributed by atoms with van der Waals surface area (Å²) in [6.45, 7) is 5.52. The van der Waals surface area contributed by atoms with Crippen molar-refractivity contribution >= 4 is 34.6 Å². The molecule has 3 aromatic carbocycles. The molecule has 1 amide bonds. The molecule has 1 aromatic heterocycles. The summed E-state index contributed by atoms with van der Waals surface area (Å²) in [6, 6.07) is 15.8. The molecule has 0 saturated carbocycles. The Kier molecular flexibility index (Phi) is 10.1. The number of carbonyl (C=O) groups excluding carboxylic acids is 1. The van der Waals surface area contributed by atoms with E-state index < -0.39 is 11.6 Å². The van der Waals surface area contributed by atoms with Crippen LogP contribution in [0.25, 0.3) is 11.1 Å². The van der Waals surface area contributed by atoms with Crippen LogP contribution < -0.4 is 25.3 Å². The standard InChI is InChI=1S/C34H37F2N7O3/c1-6-34(44)40-27-18-28(31(45-5)19-30(27)42(4)14-13-41(2)3)39-32-20-33(38-21-37-32)43-29(12-15-46-43)23-10-11-26(36)25(17-23)22-8-7-9-24(35)16-22/h6-11,16-21,29H,1,12-15H2,2-5H3,(H,40,44)(H,37,38,39). The van der Waals surface area contributed by atoms with Crippen molar-refractivity contribution in [1.29, 1.82) is 0 Å². The molecule has 0 bridgehead atoms. The number of ether oxygens (including phenoxy) is 1. The van der Waals surface area contributed by atoms with Gasteiger partial charge < -0.3 is 25.2 Å². The lowest BCUT2D eigenvalue weighted by atomic mass is 9.97. The van der Waals surface area contributed by atoms with E-state index in [4.69, 9.17) is 9.57 Å². The predicted molar refractivity (Wildman–Crippen MR) is 177 cm³/mol. The van der Waals surface area contributed by atoms with Crippen LogP contribution in [0.4, 0.5) is 37.5 Å². The third kappa shape index (κ3) is 7.41. The second-order valence-corrected chi connectivity index (χ2v) is 11.1. The van der Waals surface area contributed by atoms with Crippen molar-refractivity contribution in [1.82, 2.24) is 14.9 Å². The van der Waals surface area contributed by atoms with Gasteiger partial charge in [-0.15, -0.1) is 0 Å². The monoisotopic (exact) mass is 629 g/mol. The summed E-state index contributed by atoms with van der Waals surface area (Å²) in [5.74, 6) is 0.242. The summed E-state index contributed by atoms with van der Waals surface area (Å²) in [5.41, 5.74) is 3.45. The van der Waals surface area contributed by atoms with Gasteiger partial charge in [-0.05, 0) is 61.6 Å². The van der Waals surface area contributed by atoms with E-state index in [1.807, 2.05) is 32.1 Å². The van der Waals surface area contributed by atoms with E-state index in [1.54, 1.807) is 48.6 Å². The maximum absolute atomic E-state index is 14.8. The highest BCUT2D eigenvalue weighted by Gasteiger charge is 2.30. The van der Waals surface area contributed by atoms with Gasteiger partial charge in [0.2, 0.25) is 5.91 Å². The highest BCUT2D eigenvalue weighted by molar-refractivity contribution is 6.02. The number of methoxy groups -OCH3 is 1. The number of likely N-dealkylation sites (N-methyl/N-ethyl adjacent to an activating group) is 2. The molecule has 46 heavy (non-hydrogen) atoms. The van der Waals surface area contributed by atoms with Gasteiger partial charge in [0.05, 0.1) is 36.8 Å². The number of halogens is 2. The molecule has 0 spiro atoms. The number of aromatic nitrogens is 2. The molecule has 0 radical (unpaired) electrons. The molecule has 240 valence electrons. The van der Waals surface area contributed by atoms with Gasteiger partial charge in [0.15, 0.2) is 5.82 Å². The molecule has 10 nitrogen and oxygen atoms in total. The molecule has 2 heterocycles. The molecule has 5 rings (SSSR count). The van der Waals surface area contributed by atoms with Crippen molar-refractivity contribution in [2.45, 2.75) is 12.5 Å². The number of amides is 1. The number of hydrogen-bond acceptors (Lipinski definition) is 9. The Morgan fingerprint density at radius 3 is 2.65 bits per heavy atom. The average Bonchev–Trinajstić information content (AvgIpc) is 3.54. The maximum atomic E-state index is 14.8. The highest BCUT2D eigenvalue weighted by Crippen LogP contribution is 2.40. The van der Waals surface area contributed by atoms with Gasteiger partial charge in [-0.1, -0.05) is 24.8 Å². The van der Waals surface area contributed by atoms with Crippen LogP contribution in [-0.4, -0.2) is 68.7 Å². The molecule has 1 saturated heterocycles. The van der Waals surface area contributed by atoms with E-state index in [1.165, 1.54) is 30.6 Å². The van der Waals surface area contributed by atoms with E-state index in [2.05, 4.69) is 32.1 Å². The van der Waals surface area contributed by atoms with E-state index in [0.29, 0.717) is 59.5 Å². The minimum atomic E-state index is -0.444. The lowest BCUT2D eigenvalue weighted by molar-refractivity contribution is -0.111. The van der Waals surface area contributed by atoms with Crippen LogP contribution in [0, 0.1) is 11.6 Å². The Labute approximate surface area is 267 Å². The SMILES string of the molecule is C=CC(=O)Nc1cc(Nc2cc(N3OCCC3c3ccc(F)c(-c4cccc(F)c4)c3)ncn2)c(OC)cc1N(C)CCN(C)C. The van der Waals surface area contributed by atoms with E-state index in [0.717, 1.165) is 17.8 Å². The summed E-state index contributed by atoms with van der Waals surface area (Å²) in [6.07, 6.45) is 3.26. The van der Waals surface area contributed by atoms with Gasteiger partial charge >= 0.3 is 0 Å². The molecule has 1 fully saturated rings. The maximum Gasteiger partial charge on any atom is 0.247 e. The smallest absolute Gasteiger partial charge is 0.247 e. The van der Waals surface area contributed by atoms with Crippen LogP contribution in [0.1, 0.15) is 18.0 Å². The van der Waals surface area contributed by atoms with E-state index in [-0.39, 0.29) is 11.9 Å². The summed E-state index contributed by atoms with van der Waals surface area (Å²) >= 11 is 0. The molecule has 1 aliphatic rings. The summed E-state index contributed by atoms with van der Waals surface area (Å²) in [7, 11) is 7.51. The first kappa shape index (κ1) is 32.3.